The Morgan fingerprint density at radius 3 is 2.53 bits per heavy atom. The third-order valence-electron chi connectivity index (χ3n) is 2.14. The van der Waals surface area contributed by atoms with Gasteiger partial charge in [-0.05, 0) is 13.2 Å². The summed E-state index contributed by atoms with van der Waals surface area (Å²) in [6.45, 7) is 1.88. The highest BCUT2D eigenvalue weighted by molar-refractivity contribution is 8.13. The first kappa shape index (κ1) is 10.4. The molecule has 2 heterocycles. The lowest BCUT2D eigenvalue weighted by Gasteiger charge is -2.22. The minimum atomic E-state index is -0.101. The van der Waals surface area contributed by atoms with E-state index in [4.69, 9.17) is 0 Å². The second-order valence-corrected chi connectivity index (χ2v) is 4.29. The van der Waals surface area contributed by atoms with Gasteiger partial charge in [0, 0.05) is 14.1 Å². The van der Waals surface area contributed by atoms with E-state index in [9.17, 15) is 0 Å². The van der Waals surface area contributed by atoms with Gasteiger partial charge in [-0.2, -0.15) is 0 Å². The molecule has 0 aromatic heterocycles. The van der Waals surface area contributed by atoms with E-state index in [1.54, 1.807) is 0 Å². The lowest BCUT2D eigenvalue weighted by Crippen LogP contribution is -2.39. The van der Waals surface area contributed by atoms with E-state index in [0.29, 0.717) is 0 Å². The number of nitrogens with zero attached hydrogens (tertiary/aromatic N) is 5. The smallest absolute Gasteiger partial charge is 0.190 e. The molecular formula is C9H13N5S. The van der Waals surface area contributed by atoms with Gasteiger partial charge >= 0.3 is 0 Å². The van der Waals surface area contributed by atoms with E-state index in [2.05, 4.69) is 20.0 Å². The molecule has 6 heteroatoms. The van der Waals surface area contributed by atoms with E-state index < -0.39 is 0 Å². The highest BCUT2D eigenvalue weighted by Gasteiger charge is 2.31. The molecule has 15 heavy (non-hydrogen) atoms. The predicted molar refractivity (Wildman–Crippen MR) is 66.4 cm³/mol. The molecule has 2 aliphatic heterocycles. The topological polar surface area (TPSA) is 52.7 Å². The maximum Gasteiger partial charge on any atom is 0.190 e. The van der Waals surface area contributed by atoms with Crippen molar-refractivity contribution in [1.82, 2.24) is 4.90 Å². The minimum Gasteiger partial charge on any atom is -0.364 e. The van der Waals surface area contributed by atoms with Gasteiger partial charge in [-0.1, -0.05) is 11.8 Å². The lowest BCUT2D eigenvalue weighted by molar-refractivity contribution is 0.604. The number of thioether (sulfide) groups is 1. The van der Waals surface area contributed by atoms with Crippen molar-refractivity contribution in [2.24, 2.45) is 20.0 Å². The van der Waals surface area contributed by atoms with Crippen LogP contribution in [0.15, 0.2) is 20.0 Å². The monoisotopic (exact) mass is 223 g/mol. The quantitative estimate of drug-likeness (QED) is 0.612. The van der Waals surface area contributed by atoms with Crippen molar-refractivity contribution in [3.05, 3.63) is 0 Å². The van der Waals surface area contributed by atoms with Crippen LogP contribution in [0.5, 0.6) is 0 Å². The van der Waals surface area contributed by atoms with Crippen LogP contribution in [0.25, 0.3) is 0 Å². The molecule has 0 bridgehead atoms. The zero-order chi connectivity index (χ0) is 11.0. The Bertz CT molecular complexity index is 405. The fourth-order valence-corrected chi connectivity index (χ4v) is 1.85. The molecule has 0 N–H and O–H groups in total. The molecule has 1 atom stereocenters. The Morgan fingerprint density at radius 2 is 1.93 bits per heavy atom. The van der Waals surface area contributed by atoms with Gasteiger partial charge in [0.05, 0.1) is 0 Å². The molecule has 0 saturated heterocycles. The Balaban J connectivity index is 2.42. The Kier molecular flexibility index (Phi) is 2.60. The summed E-state index contributed by atoms with van der Waals surface area (Å²) in [5.41, 5.74) is 0. The Hall–Kier alpha value is -1.17. The Labute approximate surface area is 93.1 Å². The standard InChI is InChI=1S/C9H13N5S/c1-5-10-6-7(11-5)12-9(15-4)13-8(6)14(2)3/h6H,1-4H3. The second-order valence-electron chi connectivity index (χ2n) is 3.51. The fraction of sp³-hybridized carbons (Fsp3) is 0.556. The van der Waals surface area contributed by atoms with Gasteiger partial charge in [0.15, 0.2) is 17.0 Å². The van der Waals surface area contributed by atoms with Gasteiger partial charge in [0.25, 0.3) is 0 Å². The normalized spacial score (nSPS) is 23.9. The van der Waals surface area contributed by atoms with Crippen molar-refractivity contribution in [3.63, 3.8) is 0 Å². The summed E-state index contributed by atoms with van der Waals surface area (Å²) >= 11 is 1.52. The van der Waals surface area contributed by atoms with E-state index >= 15 is 0 Å². The van der Waals surface area contributed by atoms with Crippen molar-refractivity contribution in [3.8, 4) is 0 Å². The summed E-state index contributed by atoms with van der Waals surface area (Å²) in [4.78, 5) is 19.5. The van der Waals surface area contributed by atoms with E-state index in [1.807, 2.05) is 32.2 Å². The van der Waals surface area contributed by atoms with Crippen LogP contribution in [-0.2, 0) is 0 Å². The highest BCUT2D eigenvalue weighted by Crippen LogP contribution is 2.18. The summed E-state index contributed by atoms with van der Waals surface area (Å²) < 4.78 is 0. The van der Waals surface area contributed by atoms with Crippen LogP contribution in [0.3, 0.4) is 0 Å². The maximum atomic E-state index is 4.44. The van der Waals surface area contributed by atoms with Crippen LogP contribution in [0.1, 0.15) is 6.92 Å². The number of aliphatic imine (C=N–C) groups is 4. The summed E-state index contributed by atoms with van der Waals surface area (Å²) in [7, 11) is 3.92. The number of rotatable bonds is 0. The number of fused-ring (bicyclic) bond motifs is 1. The molecule has 0 fully saturated rings. The van der Waals surface area contributed by atoms with Crippen molar-refractivity contribution in [2.45, 2.75) is 13.0 Å². The Morgan fingerprint density at radius 1 is 1.20 bits per heavy atom. The molecule has 0 radical (unpaired) electrons. The number of likely N-dealkylation sites (N-methyl/N-ethyl adjacent to an activating group) is 1. The molecule has 80 valence electrons. The van der Waals surface area contributed by atoms with Crippen LogP contribution in [0.2, 0.25) is 0 Å². The fourth-order valence-electron chi connectivity index (χ4n) is 1.48. The molecule has 0 saturated carbocycles. The molecule has 5 nitrogen and oxygen atoms in total. The third-order valence-corrected chi connectivity index (χ3v) is 2.69. The zero-order valence-electron chi connectivity index (χ0n) is 9.22. The number of hydrogen-bond acceptors (Lipinski definition) is 6. The first-order valence-electron chi connectivity index (χ1n) is 4.63. The second kappa shape index (κ2) is 3.77. The van der Waals surface area contributed by atoms with Gasteiger partial charge in [-0.25, -0.2) is 15.0 Å². The average molecular weight is 223 g/mol. The maximum absolute atomic E-state index is 4.44. The summed E-state index contributed by atoms with van der Waals surface area (Å²) in [6, 6.07) is -0.101. The molecule has 1 unspecified atom stereocenters. The lowest BCUT2D eigenvalue weighted by atomic mass is 10.2. The zero-order valence-corrected chi connectivity index (χ0v) is 10.0. The molecular weight excluding hydrogens is 210 g/mol. The molecule has 0 aromatic carbocycles. The van der Waals surface area contributed by atoms with E-state index in [-0.39, 0.29) is 6.04 Å². The largest absolute Gasteiger partial charge is 0.364 e. The van der Waals surface area contributed by atoms with E-state index in [0.717, 1.165) is 22.7 Å². The van der Waals surface area contributed by atoms with E-state index in [1.165, 1.54) is 11.8 Å². The SMILES string of the molecule is CSC1=NC2=NC(C)=NC2C(N(C)C)=N1. The third kappa shape index (κ3) is 1.81. The van der Waals surface area contributed by atoms with Gasteiger partial charge in [0.1, 0.15) is 11.7 Å². The van der Waals surface area contributed by atoms with Crippen molar-refractivity contribution >= 4 is 34.4 Å². The highest BCUT2D eigenvalue weighted by atomic mass is 32.2. The summed E-state index contributed by atoms with van der Waals surface area (Å²) in [6.07, 6.45) is 1.96. The van der Waals surface area contributed by atoms with Crippen LogP contribution < -0.4 is 0 Å². The summed E-state index contributed by atoms with van der Waals surface area (Å²) in [5.74, 6) is 2.44. The van der Waals surface area contributed by atoms with Crippen molar-refractivity contribution in [2.75, 3.05) is 20.4 Å². The van der Waals surface area contributed by atoms with Gasteiger partial charge in [-0.15, -0.1) is 0 Å². The van der Waals surface area contributed by atoms with Crippen LogP contribution >= 0.6 is 11.8 Å². The molecule has 2 rings (SSSR count). The van der Waals surface area contributed by atoms with Gasteiger partial charge < -0.3 is 4.90 Å². The van der Waals surface area contributed by atoms with Crippen LogP contribution in [0.4, 0.5) is 0 Å². The summed E-state index contributed by atoms with van der Waals surface area (Å²) in [5, 5.41) is 0.749. The molecule has 0 aromatic rings. The molecule has 0 amide bonds. The molecule has 2 aliphatic rings. The number of hydrogen-bond donors (Lipinski definition) is 0. The number of amidine groups is 4. The first-order chi connectivity index (χ1) is 7.11. The molecule has 0 spiro atoms. The average Bonchev–Trinajstić information content (AvgIpc) is 2.55. The molecule has 0 aliphatic carbocycles. The predicted octanol–water partition coefficient (Wildman–Crippen LogP) is 0.878. The van der Waals surface area contributed by atoms with Crippen molar-refractivity contribution < 1.29 is 0 Å². The van der Waals surface area contributed by atoms with Gasteiger partial charge in [-0.3, -0.25) is 4.99 Å². The first-order valence-corrected chi connectivity index (χ1v) is 5.86. The van der Waals surface area contributed by atoms with Gasteiger partial charge in [0.2, 0.25) is 0 Å². The van der Waals surface area contributed by atoms with Crippen molar-refractivity contribution in [1.29, 1.82) is 0 Å². The van der Waals surface area contributed by atoms with Crippen LogP contribution in [0, 0.1) is 0 Å². The minimum absolute atomic E-state index is 0.101. The van der Waals surface area contributed by atoms with Crippen LogP contribution in [-0.4, -0.2) is 54.0 Å².